The minimum absolute atomic E-state index is 0.0880. The normalized spacial score (nSPS) is 10.1. The van der Waals surface area contributed by atoms with Gasteiger partial charge in [0.1, 0.15) is 11.5 Å². The molecule has 0 spiro atoms. The van der Waals surface area contributed by atoms with Crippen LogP contribution in [0.2, 0.25) is 10.0 Å². The van der Waals surface area contributed by atoms with Crippen molar-refractivity contribution >= 4 is 40.8 Å². The average molecular weight is 384 g/mol. The van der Waals surface area contributed by atoms with Crippen molar-refractivity contribution < 1.29 is 23.8 Å². The molecule has 0 unspecified atom stereocenters. The number of esters is 1. The molecule has 2 rings (SSSR count). The van der Waals surface area contributed by atoms with Crippen LogP contribution >= 0.6 is 23.2 Å². The highest BCUT2D eigenvalue weighted by molar-refractivity contribution is 6.35. The van der Waals surface area contributed by atoms with E-state index in [0.717, 1.165) is 0 Å². The third kappa shape index (κ3) is 5.27. The first-order valence-corrected chi connectivity index (χ1v) is 7.83. The number of amides is 1. The highest BCUT2D eigenvalue weighted by Crippen LogP contribution is 2.26. The van der Waals surface area contributed by atoms with Crippen molar-refractivity contribution in [1.82, 2.24) is 0 Å². The molecule has 0 heterocycles. The monoisotopic (exact) mass is 383 g/mol. The fraction of sp³-hybridized carbons (Fsp3) is 0.176. The minimum atomic E-state index is -0.745. The second kappa shape index (κ2) is 8.60. The summed E-state index contributed by atoms with van der Waals surface area (Å²) in [7, 11) is 2.99. The number of halogens is 2. The van der Waals surface area contributed by atoms with Gasteiger partial charge in [0.25, 0.3) is 5.91 Å². The summed E-state index contributed by atoms with van der Waals surface area (Å²) in [5.41, 5.74) is 0.531. The maximum Gasteiger partial charge on any atom is 0.340 e. The van der Waals surface area contributed by atoms with Crippen LogP contribution in [0.25, 0.3) is 0 Å². The molecule has 25 heavy (non-hydrogen) atoms. The highest BCUT2D eigenvalue weighted by Gasteiger charge is 2.15. The molecule has 0 aliphatic rings. The fourth-order valence-corrected chi connectivity index (χ4v) is 2.31. The van der Waals surface area contributed by atoms with Gasteiger partial charge in [-0.25, -0.2) is 4.79 Å². The van der Waals surface area contributed by atoms with Crippen LogP contribution in [0, 0.1) is 0 Å². The molecule has 1 N–H and O–H groups in total. The van der Waals surface area contributed by atoms with E-state index in [1.54, 1.807) is 24.3 Å². The van der Waals surface area contributed by atoms with Gasteiger partial charge < -0.3 is 19.5 Å². The van der Waals surface area contributed by atoms with Crippen LogP contribution < -0.4 is 14.8 Å². The Bertz CT molecular complexity index is 772. The first-order chi connectivity index (χ1) is 11.9. The molecule has 0 atom stereocenters. The molecule has 0 aliphatic carbocycles. The second-order valence-corrected chi connectivity index (χ2v) is 5.69. The average Bonchev–Trinajstić information content (AvgIpc) is 2.61. The Morgan fingerprint density at radius 1 is 1.00 bits per heavy atom. The Hall–Kier alpha value is -2.44. The number of rotatable bonds is 6. The van der Waals surface area contributed by atoms with E-state index in [9.17, 15) is 9.59 Å². The Balaban J connectivity index is 1.99. The zero-order chi connectivity index (χ0) is 18.4. The Morgan fingerprint density at radius 2 is 1.64 bits per heavy atom. The SMILES string of the molecule is COc1cc(NC(=O)COC(=O)c2cc(Cl)ccc2Cl)cc(OC)c1. The third-order valence-corrected chi connectivity index (χ3v) is 3.68. The molecule has 2 aromatic carbocycles. The van der Waals surface area contributed by atoms with Crippen molar-refractivity contribution in [2.24, 2.45) is 0 Å². The van der Waals surface area contributed by atoms with Gasteiger partial charge in [0, 0.05) is 28.9 Å². The zero-order valence-electron chi connectivity index (χ0n) is 13.5. The number of hydrogen-bond acceptors (Lipinski definition) is 5. The smallest absolute Gasteiger partial charge is 0.340 e. The van der Waals surface area contributed by atoms with E-state index in [1.807, 2.05) is 0 Å². The molecule has 0 fully saturated rings. The lowest BCUT2D eigenvalue weighted by molar-refractivity contribution is -0.119. The lowest BCUT2D eigenvalue weighted by atomic mass is 10.2. The van der Waals surface area contributed by atoms with Gasteiger partial charge in [-0.1, -0.05) is 23.2 Å². The molecule has 0 radical (unpaired) electrons. The van der Waals surface area contributed by atoms with Gasteiger partial charge in [0.05, 0.1) is 24.8 Å². The molecule has 0 saturated heterocycles. The largest absolute Gasteiger partial charge is 0.497 e. The molecule has 8 heteroatoms. The molecule has 0 aliphatic heterocycles. The number of anilines is 1. The summed E-state index contributed by atoms with van der Waals surface area (Å²) in [4.78, 5) is 24.0. The van der Waals surface area contributed by atoms with Crippen molar-refractivity contribution in [3.05, 3.63) is 52.0 Å². The van der Waals surface area contributed by atoms with Gasteiger partial charge in [-0.05, 0) is 18.2 Å². The van der Waals surface area contributed by atoms with Crippen LogP contribution in [0.15, 0.2) is 36.4 Å². The molecule has 0 saturated carbocycles. The van der Waals surface area contributed by atoms with E-state index in [4.69, 9.17) is 37.4 Å². The lowest BCUT2D eigenvalue weighted by Crippen LogP contribution is -2.21. The molecule has 6 nitrogen and oxygen atoms in total. The molecule has 1 amide bonds. The summed E-state index contributed by atoms with van der Waals surface area (Å²) < 4.78 is 15.2. The van der Waals surface area contributed by atoms with E-state index in [0.29, 0.717) is 22.2 Å². The Kier molecular flexibility index (Phi) is 6.50. The lowest BCUT2D eigenvalue weighted by Gasteiger charge is -2.10. The van der Waals surface area contributed by atoms with Gasteiger partial charge in [0.2, 0.25) is 0 Å². The number of nitrogens with one attached hydrogen (secondary N) is 1. The van der Waals surface area contributed by atoms with Crippen LogP contribution in [-0.2, 0) is 9.53 Å². The molecule has 0 aromatic heterocycles. The van der Waals surface area contributed by atoms with Crippen LogP contribution in [-0.4, -0.2) is 32.7 Å². The van der Waals surface area contributed by atoms with Gasteiger partial charge in [-0.2, -0.15) is 0 Å². The summed E-state index contributed by atoms with van der Waals surface area (Å²) in [5, 5.41) is 3.11. The number of ether oxygens (including phenoxy) is 3. The van der Waals surface area contributed by atoms with E-state index >= 15 is 0 Å². The number of hydrogen-bond donors (Lipinski definition) is 1. The van der Waals surface area contributed by atoms with Gasteiger partial charge in [-0.3, -0.25) is 4.79 Å². The van der Waals surface area contributed by atoms with Crippen molar-refractivity contribution in [3.63, 3.8) is 0 Å². The van der Waals surface area contributed by atoms with Crippen LogP contribution in [0.1, 0.15) is 10.4 Å². The van der Waals surface area contributed by atoms with E-state index in [-0.39, 0.29) is 10.6 Å². The predicted molar refractivity (Wildman–Crippen MR) is 94.9 cm³/mol. The fourth-order valence-electron chi connectivity index (χ4n) is 1.94. The molecule has 0 bridgehead atoms. The summed E-state index contributed by atoms with van der Waals surface area (Å²) in [5.74, 6) is -0.248. The first kappa shape index (κ1) is 18.9. The summed E-state index contributed by atoms with van der Waals surface area (Å²) in [6.45, 7) is -0.485. The van der Waals surface area contributed by atoms with Crippen LogP contribution in [0.4, 0.5) is 5.69 Å². The van der Waals surface area contributed by atoms with E-state index in [1.165, 1.54) is 26.4 Å². The first-order valence-electron chi connectivity index (χ1n) is 7.08. The minimum Gasteiger partial charge on any atom is -0.497 e. The number of carbonyl (C=O) groups is 2. The van der Waals surface area contributed by atoms with Crippen LogP contribution in [0.3, 0.4) is 0 Å². The Labute approximate surface area is 154 Å². The van der Waals surface area contributed by atoms with Crippen molar-refractivity contribution in [1.29, 1.82) is 0 Å². The van der Waals surface area contributed by atoms with Crippen molar-refractivity contribution in [2.45, 2.75) is 0 Å². The third-order valence-electron chi connectivity index (χ3n) is 3.12. The predicted octanol–water partition coefficient (Wildman–Crippen LogP) is 3.81. The highest BCUT2D eigenvalue weighted by atomic mass is 35.5. The summed E-state index contributed by atoms with van der Waals surface area (Å²) >= 11 is 11.7. The molecule has 2 aromatic rings. The van der Waals surface area contributed by atoms with E-state index in [2.05, 4.69) is 5.32 Å². The van der Waals surface area contributed by atoms with Gasteiger partial charge in [0.15, 0.2) is 6.61 Å². The topological polar surface area (TPSA) is 73.9 Å². The Morgan fingerprint density at radius 3 is 2.24 bits per heavy atom. The summed E-state index contributed by atoms with van der Waals surface area (Å²) in [6.07, 6.45) is 0. The van der Waals surface area contributed by atoms with E-state index < -0.39 is 18.5 Å². The second-order valence-electron chi connectivity index (χ2n) is 4.85. The van der Waals surface area contributed by atoms with Crippen molar-refractivity contribution in [2.75, 3.05) is 26.1 Å². The maximum atomic E-state index is 12.0. The van der Waals surface area contributed by atoms with Crippen LogP contribution in [0.5, 0.6) is 11.5 Å². The number of benzene rings is 2. The molecular weight excluding hydrogens is 369 g/mol. The summed E-state index contributed by atoms with van der Waals surface area (Å²) in [6, 6.07) is 9.27. The maximum absolute atomic E-state index is 12.0. The molecular formula is C17H15Cl2NO5. The van der Waals surface area contributed by atoms with Gasteiger partial charge >= 0.3 is 5.97 Å². The quantitative estimate of drug-likeness (QED) is 0.767. The number of carbonyl (C=O) groups excluding carboxylic acids is 2. The zero-order valence-corrected chi connectivity index (χ0v) is 15.0. The van der Waals surface area contributed by atoms with Gasteiger partial charge in [-0.15, -0.1) is 0 Å². The molecule has 132 valence electrons. The van der Waals surface area contributed by atoms with Crippen molar-refractivity contribution in [3.8, 4) is 11.5 Å². The number of methoxy groups -OCH3 is 2. The standard InChI is InChI=1S/C17H15Cl2NO5/c1-23-12-6-11(7-13(8-12)24-2)20-16(21)9-25-17(22)14-5-10(18)3-4-15(14)19/h3-8H,9H2,1-2H3,(H,20,21).